The molecule has 0 saturated heterocycles. The lowest BCUT2D eigenvalue weighted by Gasteiger charge is -2.18. The molecule has 0 aliphatic rings. The fourth-order valence-corrected chi connectivity index (χ4v) is 4.50. The Morgan fingerprint density at radius 2 is 1.76 bits per heavy atom. The lowest BCUT2D eigenvalue weighted by molar-refractivity contribution is -0.138. The van der Waals surface area contributed by atoms with Crippen LogP contribution in [0.1, 0.15) is 27.4 Å². The molecule has 33 heavy (non-hydrogen) atoms. The van der Waals surface area contributed by atoms with Crippen molar-refractivity contribution in [2.24, 2.45) is 0 Å². The van der Waals surface area contributed by atoms with Crippen molar-refractivity contribution in [2.45, 2.75) is 12.8 Å². The van der Waals surface area contributed by atoms with Gasteiger partial charge in [0, 0.05) is 27.0 Å². The Labute approximate surface area is 204 Å². The zero-order chi connectivity index (χ0) is 23.5. The first kappa shape index (κ1) is 23.0. The molecule has 2 N–H and O–H groups in total. The fourth-order valence-electron chi connectivity index (χ4n) is 3.87. The summed E-state index contributed by atoms with van der Waals surface area (Å²) in [7, 11) is 0. The van der Waals surface area contributed by atoms with E-state index in [1.807, 2.05) is 55.5 Å². The molecule has 0 aliphatic heterocycles. The van der Waals surface area contributed by atoms with Gasteiger partial charge in [0.2, 0.25) is 0 Å². The van der Waals surface area contributed by atoms with Gasteiger partial charge in [-0.2, -0.15) is 0 Å². The van der Waals surface area contributed by atoms with Crippen LogP contribution in [-0.4, -0.2) is 28.5 Å². The van der Waals surface area contributed by atoms with Gasteiger partial charge in [-0.05, 0) is 42.3 Å². The van der Waals surface area contributed by atoms with Gasteiger partial charge in [-0.1, -0.05) is 76.1 Å². The zero-order valence-corrected chi connectivity index (χ0v) is 20.0. The van der Waals surface area contributed by atoms with E-state index in [9.17, 15) is 14.7 Å². The normalized spacial score (nSPS) is 11.8. The first-order valence-corrected chi connectivity index (χ1v) is 11.4. The molecule has 3 aromatic carbocycles. The minimum Gasteiger partial charge on any atom is -0.481 e. The Morgan fingerprint density at radius 1 is 1.06 bits per heavy atom. The highest BCUT2D eigenvalue weighted by Gasteiger charge is 2.25. The average Bonchev–Trinajstić information content (AvgIpc) is 2.80. The van der Waals surface area contributed by atoms with Gasteiger partial charge in [0.05, 0.1) is 16.8 Å². The van der Waals surface area contributed by atoms with Crippen LogP contribution >= 0.6 is 27.5 Å². The quantitative estimate of drug-likeness (QED) is 0.314. The summed E-state index contributed by atoms with van der Waals surface area (Å²) in [4.78, 5) is 30.2. The first-order chi connectivity index (χ1) is 15.9. The summed E-state index contributed by atoms with van der Waals surface area (Å²) in [5, 5.41) is 13.6. The maximum absolute atomic E-state index is 13.4. The number of rotatable bonds is 6. The van der Waals surface area contributed by atoms with Gasteiger partial charge in [-0.15, -0.1) is 0 Å². The minimum absolute atomic E-state index is 0.101. The lowest BCUT2D eigenvalue weighted by atomic mass is 9.96. The van der Waals surface area contributed by atoms with E-state index >= 15 is 0 Å². The Bertz CT molecular complexity index is 1360. The number of hydrogen-bond donors (Lipinski definition) is 2. The smallest absolute Gasteiger partial charge is 0.312 e. The van der Waals surface area contributed by atoms with Crippen LogP contribution in [0.3, 0.4) is 0 Å². The zero-order valence-electron chi connectivity index (χ0n) is 17.7. The van der Waals surface area contributed by atoms with E-state index < -0.39 is 11.9 Å². The number of carbonyl (C=O) groups is 2. The number of carboxylic acids is 1. The lowest BCUT2D eigenvalue weighted by Crippen LogP contribution is -2.32. The number of hydrogen-bond acceptors (Lipinski definition) is 3. The summed E-state index contributed by atoms with van der Waals surface area (Å²) in [5.74, 6) is -2.41. The molecule has 0 fully saturated rings. The van der Waals surface area contributed by atoms with Crippen molar-refractivity contribution in [3.63, 3.8) is 0 Å². The van der Waals surface area contributed by atoms with Crippen molar-refractivity contribution in [3.05, 3.63) is 99.0 Å². The first-order valence-electron chi connectivity index (χ1n) is 10.3. The van der Waals surface area contributed by atoms with Crippen LogP contribution in [0.25, 0.3) is 22.2 Å². The maximum atomic E-state index is 13.4. The monoisotopic (exact) mass is 522 g/mol. The van der Waals surface area contributed by atoms with Crippen LogP contribution in [0.4, 0.5) is 0 Å². The van der Waals surface area contributed by atoms with Gasteiger partial charge in [-0.3, -0.25) is 9.59 Å². The molecule has 166 valence electrons. The van der Waals surface area contributed by atoms with Gasteiger partial charge in [0.1, 0.15) is 5.92 Å². The highest BCUT2D eigenvalue weighted by atomic mass is 79.9. The van der Waals surface area contributed by atoms with Crippen molar-refractivity contribution in [1.29, 1.82) is 0 Å². The largest absolute Gasteiger partial charge is 0.481 e. The number of benzene rings is 3. The Hall–Kier alpha value is -3.22. The van der Waals surface area contributed by atoms with Gasteiger partial charge < -0.3 is 10.4 Å². The highest BCUT2D eigenvalue weighted by molar-refractivity contribution is 9.10. The molecular formula is C26H20BrClN2O3. The predicted octanol–water partition coefficient (Wildman–Crippen LogP) is 6.22. The summed E-state index contributed by atoms with van der Waals surface area (Å²) >= 11 is 9.69. The topological polar surface area (TPSA) is 79.3 Å². The number of carbonyl (C=O) groups excluding carboxylic acids is 1. The Balaban J connectivity index is 1.76. The van der Waals surface area contributed by atoms with Gasteiger partial charge >= 0.3 is 5.97 Å². The molecule has 1 atom stereocenters. The fraction of sp³-hybridized carbons (Fsp3) is 0.115. The van der Waals surface area contributed by atoms with Crippen molar-refractivity contribution in [3.8, 4) is 11.3 Å². The van der Waals surface area contributed by atoms with Crippen molar-refractivity contribution in [2.75, 3.05) is 6.54 Å². The molecule has 0 saturated carbocycles. The third-order valence-corrected chi connectivity index (χ3v) is 6.35. The molecule has 1 amide bonds. The third kappa shape index (κ3) is 4.77. The number of aromatic nitrogens is 1. The molecular weight excluding hydrogens is 504 g/mol. The van der Waals surface area contributed by atoms with Crippen LogP contribution in [0.2, 0.25) is 5.02 Å². The van der Waals surface area contributed by atoms with Gasteiger partial charge in [0.15, 0.2) is 0 Å². The van der Waals surface area contributed by atoms with Crippen LogP contribution < -0.4 is 5.32 Å². The number of fused-ring (bicyclic) bond motifs is 1. The standard InChI is InChI=1S/C26H20BrClN2O3/c1-15-23(25(31)29-14-20(26(32)33)18-9-5-6-10-21(18)28)19-13-17(27)11-12-22(19)30-24(15)16-7-3-2-4-8-16/h2-13,20H,14H2,1H3,(H,29,31)(H,32,33). The molecule has 1 unspecified atom stereocenters. The molecule has 0 bridgehead atoms. The van der Waals surface area contributed by atoms with E-state index in [0.717, 1.165) is 10.0 Å². The molecule has 0 spiro atoms. The minimum atomic E-state index is -1.06. The molecule has 0 aliphatic carbocycles. The summed E-state index contributed by atoms with van der Waals surface area (Å²) in [6, 6.07) is 22.0. The number of nitrogens with one attached hydrogen (secondary N) is 1. The molecule has 4 aromatic rings. The molecule has 7 heteroatoms. The summed E-state index contributed by atoms with van der Waals surface area (Å²) < 4.78 is 0.817. The Kier molecular flexibility index (Phi) is 6.77. The third-order valence-electron chi connectivity index (χ3n) is 5.51. The van der Waals surface area contributed by atoms with Crippen molar-refractivity contribution < 1.29 is 14.7 Å². The summed E-state index contributed by atoms with van der Waals surface area (Å²) in [6.07, 6.45) is 0. The van der Waals surface area contributed by atoms with E-state index in [1.54, 1.807) is 24.3 Å². The van der Waals surface area contributed by atoms with E-state index in [2.05, 4.69) is 21.2 Å². The Morgan fingerprint density at radius 3 is 2.45 bits per heavy atom. The van der Waals surface area contributed by atoms with Crippen molar-refractivity contribution >= 4 is 50.3 Å². The van der Waals surface area contributed by atoms with Crippen LogP contribution in [0, 0.1) is 6.92 Å². The molecule has 1 heterocycles. The highest BCUT2D eigenvalue weighted by Crippen LogP contribution is 2.31. The van der Waals surface area contributed by atoms with Crippen LogP contribution in [-0.2, 0) is 4.79 Å². The number of aliphatic carboxylic acids is 1. The number of nitrogens with zero attached hydrogens (tertiary/aromatic N) is 1. The van der Waals surface area contributed by atoms with Crippen LogP contribution in [0.15, 0.2) is 77.3 Å². The molecule has 1 aromatic heterocycles. The summed E-state index contributed by atoms with van der Waals surface area (Å²) in [5.41, 5.74) is 3.91. The second-order valence-corrected chi connectivity index (χ2v) is 8.93. The average molecular weight is 524 g/mol. The van der Waals surface area contributed by atoms with Crippen molar-refractivity contribution in [1.82, 2.24) is 10.3 Å². The van der Waals surface area contributed by atoms with E-state index in [1.165, 1.54) is 0 Å². The van der Waals surface area contributed by atoms with E-state index in [4.69, 9.17) is 16.6 Å². The van der Waals surface area contributed by atoms with E-state index in [-0.39, 0.29) is 12.5 Å². The summed E-state index contributed by atoms with van der Waals surface area (Å²) in [6.45, 7) is 1.75. The molecule has 4 rings (SSSR count). The van der Waals surface area contributed by atoms with Gasteiger partial charge in [0.25, 0.3) is 5.91 Å². The number of halogens is 2. The second kappa shape index (κ2) is 9.73. The predicted molar refractivity (Wildman–Crippen MR) is 134 cm³/mol. The van der Waals surface area contributed by atoms with Gasteiger partial charge in [-0.25, -0.2) is 4.98 Å². The SMILES string of the molecule is Cc1c(-c2ccccc2)nc2ccc(Br)cc2c1C(=O)NCC(C(=O)O)c1ccccc1Cl. The maximum Gasteiger partial charge on any atom is 0.312 e. The number of amides is 1. The van der Waals surface area contributed by atoms with Crippen LogP contribution in [0.5, 0.6) is 0 Å². The van der Waals surface area contributed by atoms with E-state index in [0.29, 0.717) is 38.3 Å². The number of carboxylic acid groups (broad SMARTS) is 1. The molecule has 5 nitrogen and oxygen atoms in total. The number of pyridine rings is 1. The molecule has 0 radical (unpaired) electrons. The second-order valence-electron chi connectivity index (χ2n) is 7.61.